The van der Waals surface area contributed by atoms with Crippen LogP contribution in [-0.2, 0) is 24.3 Å². The van der Waals surface area contributed by atoms with E-state index in [2.05, 4.69) is 28.7 Å². The van der Waals surface area contributed by atoms with Crippen LogP contribution in [0.25, 0.3) is 0 Å². The van der Waals surface area contributed by atoms with Gasteiger partial charge < -0.3 is 4.90 Å². The molecule has 1 saturated heterocycles. The van der Waals surface area contributed by atoms with Gasteiger partial charge in [-0.2, -0.15) is 0 Å². The van der Waals surface area contributed by atoms with Crippen molar-refractivity contribution in [3.63, 3.8) is 0 Å². The first-order chi connectivity index (χ1) is 14.0. The van der Waals surface area contributed by atoms with Crippen LogP contribution in [0.2, 0.25) is 0 Å². The van der Waals surface area contributed by atoms with Crippen molar-refractivity contribution in [2.45, 2.75) is 71.5 Å². The summed E-state index contributed by atoms with van der Waals surface area (Å²) in [5, 5.41) is 0. The summed E-state index contributed by atoms with van der Waals surface area (Å²) in [6, 6.07) is 0.227. The first-order valence-corrected chi connectivity index (χ1v) is 10.7. The van der Waals surface area contributed by atoms with Crippen molar-refractivity contribution in [1.29, 1.82) is 0 Å². The van der Waals surface area contributed by atoms with Gasteiger partial charge in [-0.05, 0) is 19.4 Å². The fraction of sp³-hybridized carbons (Fsp3) is 0.591. The van der Waals surface area contributed by atoms with E-state index >= 15 is 0 Å². The molecule has 0 saturated carbocycles. The van der Waals surface area contributed by atoms with Crippen LogP contribution in [0.5, 0.6) is 0 Å². The Morgan fingerprint density at radius 3 is 2.66 bits per heavy atom. The summed E-state index contributed by atoms with van der Waals surface area (Å²) in [5.74, 6) is 2.26. The van der Waals surface area contributed by atoms with Gasteiger partial charge in [-0.25, -0.2) is 19.9 Å². The molecule has 7 nitrogen and oxygen atoms in total. The largest absolute Gasteiger partial charge is 0.338 e. The van der Waals surface area contributed by atoms with Crippen LogP contribution in [-0.4, -0.2) is 48.7 Å². The number of fused-ring (bicyclic) bond motifs is 1. The molecule has 0 aromatic carbocycles. The number of nitrogens with zero attached hydrogens (tertiary/aromatic N) is 6. The monoisotopic (exact) mass is 394 g/mol. The minimum absolute atomic E-state index is 0.115. The third kappa shape index (κ3) is 4.45. The molecule has 4 rings (SSSR count). The number of aromatic nitrogens is 4. The summed E-state index contributed by atoms with van der Waals surface area (Å²) in [4.78, 5) is 34.7. The number of carbonyl (C=O) groups excluding carboxylic acids is 1. The van der Waals surface area contributed by atoms with E-state index in [4.69, 9.17) is 9.97 Å². The van der Waals surface area contributed by atoms with Crippen molar-refractivity contribution in [3.05, 3.63) is 47.1 Å². The van der Waals surface area contributed by atoms with Gasteiger partial charge in [0.2, 0.25) is 5.91 Å². The van der Waals surface area contributed by atoms with E-state index < -0.39 is 0 Å². The van der Waals surface area contributed by atoms with E-state index in [-0.39, 0.29) is 11.9 Å². The molecule has 0 bridgehead atoms. The topological polar surface area (TPSA) is 75.1 Å². The smallest absolute Gasteiger partial charge is 0.219 e. The Kier molecular flexibility index (Phi) is 5.85. The molecular formula is C22H30N6O. The third-order valence-corrected chi connectivity index (χ3v) is 5.94. The van der Waals surface area contributed by atoms with Gasteiger partial charge in [-0.1, -0.05) is 20.3 Å². The second-order valence-corrected chi connectivity index (χ2v) is 8.48. The lowest BCUT2D eigenvalue weighted by Crippen LogP contribution is -2.37. The van der Waals surface area contributed by atoms with Crippen LogP contribution in [0.4, 0.5) is 0 Å². The maximum absolute atomic E-state index is 11.7. The zero-order valence-corrected chi connectivity index (χ0v) is 17.6. The number of hydrogen-bond acceptors (Lipinski definition) is 6. The highest BCUT2D eigenvalue weighted by molar-refractivity contribution is 5.73. The molecule has 1 amide bonds. The highest BCUT2D eigenvalue weighted by Gasteiger charge is 2.28. The van der Waals surface area contributed by atoms with Crippen LogP contribution in [0.3, 0.4) is 0 Å². The second kappa shape index (κ2) is 8.53. The SMILES string of the molecule is CC(=O)N1CCc2nc(C3CCCCN3Cc3cnc(C(C)C)nc3)ncc2C1. The normalized spacial score (nSPS) is 20.0. The van der Waals surface area contributed by atoms with Crippen molar-refractivity contribution in [3.8, 4) is 0 Å². The van der Waals surface area contributed by atoms with E-state index in [1.807, 2.05) is 23.5 Å². The fourth-order valence-corrected chi connectivity index (χ4v) is 4.21. The third-order valence-electron chi connectivity index (χ3n) is 5.94. The van der Waals surface area contributed by atoms with Gasteiger partial charge in [-0.3, -0.25) is 9.69 Å². The van der Waals surface area contributed by atoms with E-state index in [9.17, 15) is 4.79 Å². The number of carbonyl (C=O) groups is 1. The lowest BCUT2D eigenvalue weighted by Gasteiger charge is -2.35. The predicted octanol–water partition coefficient (Wildman–Crippen LogP) is 3.02. The zero-order chi connectivity index (χ0) is 20.4. The molecule has 0 aliphatic carbocycles. The predicted molar refractivity (Wildman–Crippen MR) is 110 cm³/mol. The van der Waals surface area contributed by atoms with Gasteiger partial charge in [0.25, 0.3) is 0 Å². The summed E-state index contributed by atoms with van der Waals surface area (Å²) in [6.07, 6.45) is 10.1. The number of rotatable bonds is 4. The number of hydrogen-bond donors (Lipinski definition) is 0. The molecule has 1 unspecified atom stereocenters. The first kappa shape index (κ1) is 19.9. The quantitative estimate of drug-likeness (QED) is 0.793. The van der Waals surface area contributed by atoms with E-state index in [1.54, 1.807) is 6.92 Å². The lowest BCUT2D eigenvalue weighted by atomic mass is 10.00. The molecule has 7 heteroatoms. The van der Waals surface area contributed by atoms with Crippen LogP contribution in [0.1, 0.15) is 80.5 Å². The number of likely N-dealkylation sites (tertiary alicyclic amines) is 1. The van der Waals surface area contributed by atoms with Crippen molar-refractivity contribution in [2.24, 2.45) is 0 Å². The fourth-order valence-electron chi connectivity index (χ4n) is 4.21. The lowest BCUT2D eigenvalue weighted by molar-refractivity contribution is -0.129. The van der Waals surface area contributed by atoms with Gasteiger partial charge in [0.1, 0.15) is 11.6 Å². The molecule has 1 fully saturated rings. The molecule has 2 aliphatic heterocycles. The molecule has 0 N–H and O–H groups in total. The summed E-state index contributed by atoms with van der Waals surface area (Å²) >= 11 is 0. The van der Waals surface area contributed by atoms with E-state index in [0.29, 0.717) is 12.5 Å². The summed E-state index contributed by atoms with van der Waals surface area (Å²) in [6.45, 7) is 9.07. The molecule has 2 aliphatic rings. The van der Waals surface area contributed by atoms with Crippen molar-refractivity contribution in [2.75, 3.05) is 13.1 Å². The van der Waals surface area contributed by atoms with E-state index in [1.165, 1.54) is 12.8 Å². The summed E-state index contributed by atoms with van der Waals surface area (Å²) in [5.41, 5.74) is 3.31. The Balaban J connectivity index is 1.51. The molecule has 2 aromatic heterocycles. The average Bonchev–Trinajstić information content (AvgIpc) is 2.73. The molecule has 1 atom stereocenters. The Morgan fingerprint density at radius 2 is 1.93 bits per heavy atom. The molecule has 154 valence electrons. The minimum atomic E-state index is 0.115. The number of amides is 1. The number of piperidine rings is 1. The van der Waals surface area contributed by atoms with Crippen molar-refractivity contribution in [1.82, 2.24) is 29.7 Å². The van der Waals surface area contributed by atoms with Crippen molar-refractivity contribution >= 4 is 5.91 Å². The Hall–Kier alpha value is -2.41. The maximum Gasteiger partial charge on any atom is 0.219 e. The zero-order valence-electron chi connectivity index (χ0n) is 17.6. The highest BCUT2D eigenvalue weighted by atomic mass is 16.2. The Morgan fingerprint density at radius 1 is 1.14 bits per heavy atom. The van der Waals surface area contributed by atoms with Gasteiger partial charge >= 0.3 is 0 Å². The van der Waals surface area contributed by atoms with Gasteiger partial charge in [0, 0.05) is 68.6 Å². The molecule has 0 spiro atoms. The van der Waals surface area contributed by atoms with Crippen molar-refractivity contribution < 1.29 is 4.79 Å². The maximum atomic E-state index is 11.7. The van der Waals surface area contributed by atoms with Crippen LogP contribution in [0, 0.1) is 0 Å². The molecule has 29 heavy (non-hydrogen) atoms. The summed E-state index contributed by atoms with van der Waals surface area (Å²) in [7, 11) is 0. The van der Waals surface area contributed by atoms with Crippen LogP contribution >= 0.6 is 0 Å². The highest BCUT2D eigenvalue weighted by Crippen LogP contribution is 2.31. The first-order valence-electron chi connectivity index (χ1n) is 10.7. The summed E-state index contributed by atoms with van der Waals surface area (Å²) < 4.78 is 0. The van der Waals surface area contributed by atoms with Gasteiger partial charge in [0.15, 0.2) is 0 Å². The Bertz CT molecular complexity index is 866. The molecule has 4 heterocycles. The molecule has 0 radical (unpaired) electrons. The van der Waals surface area contributed by atoms with Crippen LogP contribution in [0.15, 0.2) is 18.6 Å². The van der Waals surface area contributed by atoms with E-state index in [0.717, 1.165) is 60.9 Å². The standard InChI is InChI=1S/C22H30N6O/c1-15(2)21-23-10-17(11-24-21)13-28-8-5-4-6-20(28)22-25-12-18-14-27(16(3)29)9-7-19(18)26-22/h10-12,15,20H,4-9,13-14H2,1-3H3. The average molecular weight is 395 g/mol. The Labute approximate surface area is 172 Å². The van der Waals surface area contributed by atoms with Gasteiger partial charge in [0.05, 0.1) is 11.7 Å². The minimum Gasteiger partial charge on any atom is -0.338 e. The second-order valence-electron chi connectivity index (χ2n) is 8.48. The van der Waals surface area contributed by atoms with Crippen LogP contribution < -0.4 is 0 Å². The molecule has 2 aromatic rings. The molecular weight excluding hydrogens is 364 g/mol. The van der Waals surface area contributed by atoms with Gasteiger partial charge in [-0.15, -0.1) is 0 Å².